The van der Waals surface area contributed by atoms with Gasteiger partial charge in [0, 0.05) is 34.4 Å². The molecule has 0 bridgehead atoms. The van der Waals surface area contributed by atoms with Gasteiger partial charge < -0.3 is 10.2 Å². The summed E-state index contributed by atoms with van der Waals surface area (Å²) in [7, 11) is 0. The maximum absolute atomic E-state index is 5.95. The van der Waals surface area contributed by atoms with Crippen LogP contribution in [0.5, 0.6) is 0 Å². The van der Waals surface area contributed by atoms with Gasteiger partial charge in [0.05, 0.1) is 4.70 Å². The molecule has 1 aliphatic rings. The molecule has 148 valence electrons. The van der Waals surface area contributed by atoms with E-state index in [0.717, 1.165) is 61.7 Å². The van der Waals surface area contributed by atoms with Crippen molar-refractivity contribution in [2.75, 3.05) is 30.8 Å². The second kappa shape index (κ2) is 9.44. The highest BCUT2D eigenvalue weighted by molar-refractivity contribution is 7.99. The van der Waals surface area contributed by atoms with Gasteiger partial charge in [-0.05, 0) is 56.2 Å². The third-order valence-corrected chi connectivity index (χ3v) is 7.42. The number of hydrogen-bond acceptors (Lipinski definition) is 6. The molecule has 1 aromatic carbocycles. The van der Waals surface area contributed by atoms with Gasteiger partial charge in [0.15, 0.2) is 0 Å². The molecule has 0 unspecified atom stereocenters. The largest absolute Gasteiger partial charge is 0.355 e. The molecular formula is C21H25ClN4S2. The summed E-state index contributed by atoms with van der Waals surface area (Å²) in [5.74, 6) is 1.11. The topological polar surface area (TPSA) is 41.0 Å². The first-order valence-electron chi connectivity index (χ1n) is 9.73. The number of anilines is 1. The van der Waals surface area contributed by atoms with Gasteiger partial charge in [0.25, 0.3) is 0 Å². The number of aromatic nitrogens is 2. The number of fused-ring (bicyclic) bond motifs is 1. The number of thioether (sulfide) groups is 1. The highest BCUT2D eigenvalue weighted by Gasteiger charge is 2.22. The average Bonchev–Trinajstić information content (AvgIpc) is 3.16. The minimum Gasteiger partial charge on any atom is -0.355 e. The van der Waals surface area contributed by atoms with Crippen LogP contribution in [0, 0.1) is 0 Å². The van der Waals surface area contributed by atoms with Crippen molar-refractivity contribution in [3.63, 3.8) is 0 Å². The Bertz CT molecular complexity index is 904. The van der Waals surface area contributed by atoms with E-state index in [1.165, 1.54) is 15.2 Å². The minimum absolute atomic E-state index is 0.601. The van der Waals surface area contributed by atoms with Gasteiger partial charge in [-0.15, -0.1) is 23.1 Å². The van der Waals surface area contributed by atoms with Crippen LogP contribution in [0.2, 0.25) is 5.02 Å². The molecule has 28 heavy (non-hydrogen) atoms. The number of aryl methyl sites for hydroxylation is 1. The van der Waals surface area contributed by atoms with Crippen LogP contribution in [0.25, 0.3) is 10.2 Å². The Morgan fingerprint density at radius 3 is 2.75 bits per heavy atom. The molecule has 1 fully saturated rings. The van der Waals surface area contributed by atoms with Gasteiger partial charge >= 0.3 is 0 Å². The molecule has 0 aliphatic carbocycles. The van der Waals surface area contributed by atoms with Gasteiger partial charge in [-0.2, -0.15) is 0 Å². The smallest absolute Gasteiger partial charge is 0.150 e. The highest BCUT2D eigenvalue weighted by atomic mass is 35.5. The van der Waals surface area contributed by atoms with Crippen LogP contribution in [0.15, 0.2) is 40.9 Å². The molecule has 1 aliphatic heterocycles. The first kappa shape index (κ1) is 20.0. The summed E-state index contributed by atoms with van der Waals surface area (Å²) in [5.41, 5.74) is 2.46. The highest BCUT2D eigenvalue weighted by Crippen LogP contribution is 2.36. The van der Waals surface area contributed by atoms with Gasteiger partial charge in [0.1, 0.15) is 17.7 Å². The summed E-state index contributed by atoms with van der Waals surface area (Å²) in [5, 5.41) is 6.74. The fourth-order valence-electron chi connectivity index (χ4n) is 3.73. The Hall–Kier alpha value is -1.34. The molecule has 2 aromatic heterocycles. The summed E-state index contributed by atoms with van der Waals surface area (Å²) in [6.45, 7) is 3.16. The SMILES string of the molecule is CSc1csc2c(N3CCC(NCCCc4ccc(Cl)cc4)CC3)ncnc12. The predicted molar refractivity (Wildman–Crippen MR) is 122 cm³/mol. The summed E-state index contributed by atoms with van der Waals surface area (Å²) < 4.78 is 1.22. The van der Waals surface area contributed by atoms with Crippen LogP contribution < -0.4 is 10.2 Å². The van der Waals surface area contributed by atoms with Crippen molar-refractivity contribution in [3.05, 3.63) is 46.6 Å². The fourth-order valence-corrected chi connectivity index (χ4v) is 5.70. The van der Waals surface area contributed by atoms with E-state index in [2.05, 4.69) is 44.0 Å². The van der Waals surface area contributed by atoms with Crippen molar-refractivity contribution < 1.29 is 0 Å². The van der Waals surface area contributed by atoms with Crippen molar-refractivity contribution in [2.24, 2.45) is 0 Å². The molecule has 0 saturated carbocycles. The number of hydrogen-bond donors (Lipinski definition) is 1. The summed E-state index contributed by atoms with van der Waals surface area (Å²) in [6.07, 6.45) is 8.39. The molecular weight excluding hydrogens is 408 g/mol. The van der Waals surface area contributed by atoms with E-state index >= 15 is 0 Å². The van der Waals surface area contributed by atoms with Gasteiger partial charge in [-0.1, -0.05) is 23.7 Å². The van der Waals surface area contributed by atoms with Gasteiger partial charge in [-0.25, -0.2) is 9.97 Å². The first-order chi connectivity index (χ1) is 13.7. The number of nitrogens with zero attached hydrogens (tertiary/aromatic N) is 3. The number of benzene rings is 1. The maximum atomic E-state index is 5.95. The molecule has 0 amide bonds. The zero-order valence-electron chi connectivity index (χ0n) is 16.0. The Balaban J connectivity index is 1.26. The lowest BCUT2D eigenvalue weighted by atomic mass is 10.0. The molecule has 4 rings (SSSR count). The van der Waals surface area contributed by atoms with E-state index in [1.807, 2.05) is 12.1 Å². The number of thiophene rings is 1. The normalized spacial score (nSPS) is 15.4. The van der Waals surface area contributed by atoms with E-state index in [-0.39, 0.29) is 0 Å². The summed E-state index contributed by atoms with van der Waals surface area (Å²) >= 11 is 9.47. The van der Waals surface area contributed by atoms with Crippen molar-refractivity contribution in [3.8, 4) is 0 Å². The number of piperidine rings is 1. The van der Waals surface area contributed by atoms with Crippen LogP contribution in [0.1, 0.15) is 24.8 Å². The minimum atomic E-state index is 0.601. The Kier molecular flexibility index (Phi) is 6.73. The zero-order valence-corrected chi connectivity index (χ0v) is 18.4. The first-order valence-corrected chi connectivity index (χ1v) is 12.2. The molecule has 1 saturated heterocycles. The lowest BCUT2D eigenvalue weighted by Crippen LogP contribution is -2.43. The van der Waals surface area contributed by atoms with Crippen LogP contribution in [-0.4, -0.2) is 41.9 Å². The average molecular weight is 433 g/mol. The fraction of sp³-hybridized carbons (Fsp3) is 0.429. The lowest BCUT2D eigenvalue weighted by molar-refractivity contribution is 0.412. The van der Waals surface area contributed by atoms with Crippen LogP contribution in [0.3, 0.4) is 0 Å². The molecule has 3 heterocycles. The molecule has 3 aromatic rings. The number of nitrogens with one attached hydrogen (secondary N) is 1. The molecule has 0 atom stereocenters. The maximum Gasteiger partial charge on any atom is 0.150 e. The number of halogens is 1. The van der Waals surface area contributed by atoms with E-state index in [1.54, 1.807) is 29.4 Å². The van der Waals surface area contributed by atoms with Crippen LogP contribution in [-0.2, 0) is 6.42 Å². The molecule has 0 radical (unpaired) electrons. The summed E-state index contributed by atoms with van der Waals surface area (Å²) in [4.78, 5) is 12.8. The Labute approximate surface area is 179 Å². The second-order valence-corrected chi connectivity index (χ2v) is 9.29. The van der Waals surface area contributed by atoms with E-state index in [4.69, 9.17) is 11.6 Å². The molecule has 7 heteroatoms. The number of rotatable bonds is 7. The van der Waals surface area contributed by atoms with Crippen molar-refractivity contribution >= 4 is 50.7 Å². The van der Waals surface area contributed by atoms with E-state index in [0.29, 0.717) is 6.04 Å². The molecule has 1 N–H and O–H groups in total. The van der Waals surface area contributed by atoms with E-state index in [9.17, 15) is 0 Å². The quantitative estimate of drug-likeness (QED) is 0.407. The van der Waals surface area contributed by atoms with Crippen LogP contribution in [0.4, 0.5) is 5.82 Å². The molecule has 0 spiro atoms. The lowest BCUT2D eigenvalue weighted by Gasteiger charge is -2.33. The third kappa shape index (κ3) is 4.62. The predicted octanol–water partition coefficient (Wildman–Crippen LogP) is 5.26. The monoisotopic (exact) mass is 432 g/mol. The Morgan fingerprint density at radius 1 is 1.21 bits per heavy atom. The zero-order chi connectivity index (χ0) is 19.3. The van der Waals surface area contributed by atoms with Gasteiger partial charge in [0.2, 0.25) is 0 Å². The van der Waals surface area contributed by atoms with Crippen molar-refractivity contribution in [1.82, 2.24) is 15.3 Å². The van der Waals surface area contributed by atoms with Gasteiger partial charge in [-0.3, -0.25) is 0 Å². The molecule has 4 nitrogen and oxygen atoms in total. The second-order valence-electron chi connectivity index (χ2n) is 7.12. The standard InChI is InChI=1S/C21H25ClN4S2/c1-27-18-13-28-20-19(18)24-14-25-21(20)26-11-8-17(9-12-26)23-10-2-3-15-4-6-16(22)7-5-15/h4-7,13-14,17,23H,2-3,8-12H2,1H3. The van der Waals surface area contributed by atoms with Crippen molar-refractivity contribution in [2.45, 2.75) is 36.6 Å². The summed E-state index contributed by atoms with van der Waals surface area (Å²) in [6, 6.07) is 8.79. The third-order valence-electron chi connectivity index (χ3n) is 5.31. The Morgan fingerprint density at radius 2 is 2.00 bits per heavy atom. The van der Waals surface area contributed by atoms with Crippen LogP contribution >= 0.6 is 34.7 Å². The van der Waals surface area contributed by atoms with E-state index < -0.39 is 0 Å². The van der Waals surface area contributed by atoms with Crippen molar-refractivity contribution in [1.29, 1.82) is 0 Å².